The van der Waals surface area contributed by atoms with E-state index >= 15 is 0 Å². The quantitative estimate of drug-likeness (QED) is 0.695. The van der Waals surface area contributed by atoms with E-state index in [0.717, 1.165) is 17.7 Å². The van der Waals surface area contributed by atoms with Gasteiger partial charge in [-0.25, -0.2) is 8.42 Å². The molecule has 1 aliphatic heterocycles. The fourth-order valence-corrected chi connectivity index (χ4v) is 5.35. The predicted octanol–water partition coefficient (Wildman–Crippen LogP) is 3.71. The molecular formula is C17H17N3O3S2. The summed E-state index contributed by atoms with van der Waals surface area (Å²) in [7, 11) is -3.60. The summed E-state index contributed by atoms with van der Waals surface area (Å²) in [5.74, 6) is 0.801. The standard InChI is InChI=1S/C17H17N3O3S2/c21-25(22,13-7-2-1-3-8-13)20-11-5-4-9-14(20)16-18-19-17(23-16)15-10-6-12-24-15/h1-3,6-8,10,12,14H,4-5,9,11H2/t14-/m0/s1. The van der Waals surface area contributed by atoms with Crippen LogP contribution in [0, 0.1) is 0 Å². The van der Waals surface area contributed by atoms with Crippen molar-refractivity contribution < 1.29 is 12.8 Å². The smallest absolute Gasteiger partial charge is 0.257 e. The number of sulfonamides is 1. The first kappa shape index (κ1) is 16.4. The molecule has 0 N–H and O–H groups in total. The van der Waals surface area contributed by atoms with Crippen molar-refractivity contribution in [1.29, 1.82) is 0 Å². The summed E-state index contributed by atoms with van der Waals surface area (Å²) < 4.78 is 33.4. The van der Waals surface area contributed by atoms with Gasteiger partial charge in [-0.1, -0.05) is 30.7 Å². The number of piperidine rings is 1. The number of nitrogens with zero attached hydrogens (tertiary/aromatic N) is 3. The predicted molar refractivity (Wildman–Crippen MR) is 94.5 cm³/mol. The maximum atomic E-state index is 13.0. The fraction of sp³-hybridized carbons (Fsp3) is 0.294. The van der Waals surface area contributed by atoms with Gasteiger partial charge in [0.1, 0.15) is 6.04 Å². The Morgan fingerprint density at radius 2 is 1.92 bits per heavy atom. The maximum absolute atomic E-state index is 13.0. The average molecular weight is 375 g/mol. The van der Waals surface area contributed by atoms with Crippen molar-refractivity contribution in [2.75, 3.05) is 6.54 Å². The van der Waals surface area contributed by atoms with Gasteiger partial charge in [0.15, 0.2) is 0 Å². The highest BCUT2D eigenvalue weighted by Crippen LogP contribution is 2.36. The molecule has 1 aromatic carbocycles. The van der Waals surface area contributed by atoms with Crippen LogP contribution >= 0.6 is 11.3 Å². The lowest BCUT2D eigenvalue weighted by atomic mass is 10.1. The Balaban J connectivity index is 1.68. The lowest BCUT2D eigenvalue weighted by Gasteiger charge is -2.32. The number of thiophene rings is 1. The molecule has 1 aliphatic rings. The van der Waals surface area contributed by atoms with Crippen LogP contribution in [0.3, 0.4) is 0 Å². The van der Waals surface area contributed by atoms with Gasteiger partial charge >= 0.3 is 0 Å². The van der Waals surface area contributed by atoms with Crippen molar-refractivity contribution in [2.24, 2.45) is 0 Å². The van der Waals surface area contributed by atoms with Crippen molar-refractivity contribution in [2.45, 2.75) is 30.2 Å². The largest absolute Gasteiger partial charge is 0.418 e. The Kier molecular flexibility index (Phi) is 4.41. The summed E-state index contributed by atoms with van der Waals surface area (Å²) in [6, 6.07) is 11.9. The molecule has 1 fully saturated rings. The molecule has 6 nitrogen and oxygen atoms in total. The molecule has 8 heteroatoms. The van der Waals surface area contributed by atoms with Crippen LogP contribution in [0.25, 0.3) is 10.8 Å². The van der Waals surface area contributed by atoms with E-state index in [0.29, 0.717) is 29.6 Å². The normalized spacial score (nSPS) is 19.1. The lowest BCUT2D eigenvalue weighted by molar-refractivity contribution is 0.220. The molecular weight excluding hydrogens is 358 g/mol. The molecule has 0 bridgehead atoms. The Morgan fingerprint density at radius 3 is 2.68 bits per heavy atom. The fourth-order valence-electron chi connectivity index (χ4n) is 3.04. The van der Waals surface area contributed by atoms with Gasteiger partial charge in [-0.05, 0) is 36.4 Å². The van der Waals surface area contributed by atoms with E-state index in [4.69, 9.17) is 4.42 Å². The third-order valence-electron chi connectivity index (χ3n) is 4.26. The highest BCUT2D eigenvalue weighted by molar-refractivity contribution is 7.89. The summed E-state index contributed by atoms with van der Waals surface area (Å²) in [5.41, 5.74) is 0. The van der Waals surface area contributed by atoms with Gasteiger partial charge in [0, 0.05) is 6.54 Å². The number of hydrogen-bond donors (Lipinski definition) is 0. The van der Waals surface area contributed by atoms with Crippen molar-refractivity contribution in [3.05, 3.63) is 53.7 Å². The second-order valence-electron chi connectivity index (χ2n) is 5.86. The van der Waals surface area contributed by atoms with E-state index in [2.05, 4.69) is 10.2 Å². The molecule has 4 rings (SSSR count). The average Bonchev–Trinajstić information content (AvgIpc) is 3.34. The Morgan fingerprint density at radius 1 is 1.08 bits per heavy atom. The summed E-state index contributed by atoms with van der Waals surface area (Å²) in [5, 5.41) is 10.2. The van der Waals surface area contributed by atoms with Crippen LogP contribution in [0.2, 0.25) is 0 Å². The highest BCUT2D eigenvalue weighted by atomic mass is 32.2. The zero-order valence-electron chi connectivity index (χ0n) is 13.4. The lowest BCUT2D eigenvalue weighted by Crippen LogP contribution is -2.38. The number of rotatable bonds is 4. The molecule has 0 radical (unpaired) electrons. The second-order valence-corrected chi connectivity index (χ2v) is 8.70. The topological polar surface area (TPSA) is 76.3 Å². The first-order chi connectivity index (χ1) is 12.2. The van der Waals surface area contributed by atoms with Crippen LogP contribution in [-0.4, -0.2) is 29.5 Å². The summed E-state index contributed by atoms with van der Waals surface area (Å²) in [6.07, 6.45) is 2.44. The second kappa shape index (κ2) is 6.70. The van der Waals surface area contributed by atoms with Crippen LogP contribution < -0.4 is 0 Å². The van der Waals surface area contributed by atoms with Crippen molar-refractivity contribution in [3.8, 4) is 10.8 Å². The third-order valence-corrected chi connectivity index (χ3v) is 7.04. The zero-order chi connectivity index (χ0) is 17.3. The van der Waals surface area contributed by atoms with E-state index in [1.807, 2.05) is 17.5 Å². The zero-order valence-corrected chi connectivity index (χ0v) is 15.0. The van der Waals surface area contributed by atoms with E-state index in [9.17, 15) is 8.42 Å². The number of benzene rings is 1. The van der Waals surface area contributed by atoms with Crippen LogP contribution in [-0.2, 0) is 10.0 Å². The minimum atomic E-state index is -3.60. The minimum absolute atomic E-state index is 0.292. The van der Waals surface area contributed by atoms with Crippen LogP contribution in [0.1, 0.15) is 31.2 Å². The van der Waals surface area contributed by atoms with Crippen molar-refractivity contribution >= 4 is 21.4 Å². The summed E-state index contributed by atoms with van der Waals surface area (Å²) >= 11 is 1.51. The van der Waals surface area contributed by atoms with Crippen LogP contribution in [0.4, 0.5) is 0 Å². The molecule has 0 amide bonds. The molecule has 0 aliphatic carbocycles. The monoisotopic (exact) mass is 375 g/mol. The maximum Gasteiger partial charge on any atom is 0.257 e. The number of hydrogen-bond acceptors (Lipinski definition) is 6. The van der Waals surface area contributed by atoms with Gasteiger partial charge in [0.05, 0.1) is 9.77 Å². The van der Waals surface area contributed by atoms with E-state index in [1.54, 1.807) is 30.3 Å². The summed E-state index contributed by atoms with van der Waals surface area (Å²) in [6.45, 7) is 0.457. The van der Waals surface area contributed by atoms with Crippen molar-refractivity contribution in [3.63, 3.8) is 0 Å². The van der Waals surface area contributed by atoms with Gasteiger partial charge in [0.25, 0.3) is 5.89 Å². The molecule has 25 heavy (non-hydrogen) atoms. The van der Waals surface area contributed by atoms with Gasteiger partial charge in [0.2, 0.25) is 15.9 Å². The first-order valence-corrected chi connectivity index (χ1v) is 10.4. The molecule has 1 saturated heterocycles. The molecule has 3 heterocycles. The van der Waals surface area contributed by atoms with Crippen molar-refractivity contribution in [1.82, 2.24) is 14.5 Å². The first-order valence-electron chi connectivity index (χ1n) is 8.10. The number of aromatic nitrogens is 2. The van der Waals surface area contributed by atoms with Gasteiger partial charge in [-0.15, -0.1) is 21.5 Å². The Bertz CT molecular complexity index is 937. The minimum Gasteiger partial charge on any atom is -0.418 e. The van der Waals surface area contributed by atoms with Gasteiger partial charge in [-0.2, -0.15) is 4.31 Å². The van der Waals surface area contributed by atoms with E-state index in [-0.39, 0.29) is 0 Å². The Labute approximate surface area is 150 Å². The Hall–Kier alpha value is -2.03. The highest BCUT2D eigenvalue weighted by Gasteiger charge is 2.37. The van der Waals surface area contributed by atoms with Gasteiger partial charge < -0.3 is 4.42 Å². The molecule has 130 valence electrons. The third kappa shape index (κ3) is 3.12. The molecule has 2 aromatic heterocycles. The summed E-state index contributed by atoms with van der Waals surface area (Å²) in [4.78, 5) is 1.17. The van der Waals surface area contributed by atoms with E-state index in [1.165, 1.54) is 15.6 Å². The molecule has 3 aromatic rings. The van der Waals surface area contributed by atoms with Crippen LogP contribution in [0.5, 0.6) is 0 Å². The van der Waals surface area contributed by atoms with Gasteiger partial charge in [-0.3, -0.25) is 0 Å². The molecule has 0 unspecified atom stereocenters. The molecule has 1 atom stereocenters. The SMILES string of the molecule is O=S(=O)(c1ccccc1)N1CCCC[C@H]1c1nnc(-c2cccs2)o1. The van der Waals surface area contributed by atoms with E-state index < -0.39 is 16.1 Å². The molecule has 0 spiro atoms. The molecule has 0 saturated carbocycles. The van der Waals surface area contributed by atoms with Crippen LogP contribution in [0.15, 0.2) is 57.2 Å².